The van der Waals surface area contributed by atoms with E-state index in [1.54, 1.807) is 6.07 Å². The number of rotatable bonds is 3. The Kier molecular flexibility index (Phi) is 4.55. The number of phenols is 1. The Morgan fingerprint density at radius 1 is 1.20 bits per heavy atom. The van der Waals surface area contributed by atoms with Gasteiger partial charge in [0.25, 0.3) is 0 Å². The molecule has 0 amide bonds. The van der Waals surface area contributed by atoms with E-state index >= 15 is 0 Å². The van der Waals surface area contributed by atoms with Crippen molar-refractivity contribution in [3.8, 4) is 5.75 Å². The Morgan fingerprint density at radius 3 is 2.65 bits per heavy atom. The Balaban J connectivity index is 1.85. The van der Waals surface area contributed by atoms with E-state index in [0.29, 0.717) is 17.7 Å². The minimum Gasteiger partial charge on any atom is -0.508 e. The van der Waals surface area contributed by atoms with E-state index in [-0.39, 0.29) is 0 Å². The fourth-order valence-electron chi connectivity index (χ4n) is 3.48. The van der Waals surface area contributed by atoms with Crippen molar-refractivity contribution in [1.29, 1.82) is 0 Å². The summed E-state index contributed by atoms with van der Waals surface area (Å²) in [6.45, 7) is 6.00. The van der Waals surface area contributed by atoms with Gasteiger partial charge in [-0.05, 0) is 36.5 Å². The first-order valence-electron chi connectivity index (χ1n) is 7.66. The molecule has 0 bridgehead atoms. The van der Waals surface area contributed by atoms with Crippen molar-refractivity contribution in [2.75, 3.05) is 39.4 Å². The average Bonchev–Trinajstić information content (AvgIpc) is 2.50. The first-order valence-corrected chi connectivity index (χ1v) is 7.66. The van der Waals surface area contributed by atoms with Crippen LogP contribution in [0.3, 0.4) is 0 Å². The fraction of sp³-hybridized carbons (Fsp3) is 0.625. The number of hydrogen-bond acceptors (Lipinski definition) is 4. The summed E-state index contributed by atoms with van der Waals surface area (Å²) >= 11 is 0. The highest BCUT2D eigenvalue weighted by Gasteiger charge is 2.31. The molecule has 0 radical (unpaired) electrons. The quantitative estimate of drug-likeness (QED) is 0.883. The third-order valence-corrected chi connectivity index (χ3v) is 4.47. The third-order valence-electron chi connectivity index (χ3n) is 4.47. The molecule has 2 saturated heterocycles. The summed E-state index contributed by atoms with van der Waals surface area (Å²) in [5.41, 5.74) is 1.25. The van der Waals surface area contributed by atoms with Gasteiger partial charge in [-0.3, -0.25) is 4.90 Å². The van der Waals surface area contributed by atoms with Crippen molar-refractivity contribution < 1.29 is 9.84 Å². The third kappa shape index (κ3) is 3.14. The molecule has 4 nitrogen and oxygen atoms in total. The van der Waals surface area contributed by atoms with Crippen LogP contribution in [0.4, 0.5) is 0 Å². The van der Waals surface area contributed by atoms with Gasteiger partial charge in [0.2, 0.25) is 0 Å². The van der Waals surface area contributed by atoms with Crippen molar-refractivity contribution in [3.63, 3.8) is 0 Å². The van der Waals surface area contributed by atoms with Crippen LogP contribution in [-0.2, 0) is 4.74 Å². The van der Waals surface area contributed by atoms with Gasteiger partial charge >= 0.3 is 0 Å². The van der Waals surface area contributed by atoms with Crippen LogP contribution in [0.1, 0.15) is 24.4 Å². The van der Waals surface area contributed by atoms with Crippen LogP contribution in [0.2, 0.25) is 0 Å². The van der Waals surface area contributed by atoms with E-state index in [1.165, 1.54) is 5.56 Å². The lowest BCUT2D eigenvalue weighted by atomic mass is 9.85. The Labute approximate surface area is 120 Å². The summed E-state index contributed by atoms with van der Waals surface area (Å²) < 4.78 is 5.52. The summed E-state index contributed by atoms with van der Waals surface area (Å²) in [5.74, 6) is 0.998. The summed E-state index contributed by atoms with van der Waals surface area (Å²) in [4.78, 5) is 2.57. The van der Waals surface area contributed by atoms with Gasteiger partial charge in [0.05, 0.1) is 0 Å². The molecule has 1 atom stereocenters. The van der Waals surface area contributed by atoms with Crippen LogP contribution in [-0.4, -0.2) is 49.4 Å². The number of hydrogen-bond donors (Lipinski definition) is 2. The highest BCUT2D eigenvalue weighted by Crippen LogP contribution is 2.36. The van der Waals surface area contributed by atoms with Gasteiger partial charge in [0, 0.05) is 45.4 Å². The molecule has 0 unspecified atom stereocenters. The van der Waals surface area contributed by atoms with E-state index in [2.05, 4.69) is 16.3 Å². The molecule has 1 aromatic carbocycles. The van der Waals surface area contributed by atoms with E-state index in [9.17, 15) is 5.11 Å². The number of aromatic hydroxyl groups is 1. The predicted molar refractivity (Wildman–Crippen MR) is 78.8 cm³/mol. The van der Waals surface area contributed by atoms with Crippen molar-refractivity contribution in [1.82, 2.24) is 10.2 Å². The molecule has 2 aliphatic heterocycles. The second kappa shape index (κ2) is 6.57. The first kappa shape index (κ1) is 13.9. The van der Waals surface area contributed by atoms with Crippen molar-refractivity contribution in [2.24, 2.45) is 5.92 Å². The molecule has 2 N–H and O–H groups in total. The van der Waals surface area contributed by atoms with Crippen molar-refractivity contribution >= 4 is 0 Å². The standard InChI is InChI=1S/C16H24N2O2/c19-15-3-1-2-14(12-15)16(13-4-10-20-11-5-13)18-8-6-17-7-9-18/h1-3,12-13,16-17,19H,4-11H2/t16-/m1/s1. The predicted octanol–water partition coefficient (Wildman–Crippen LogP) is 1.77. The number of phenolic OH excluding ortho intramolecular Hbond substituents is 1. The zero-order valence-corrected chi connectivity index (χ0v) is 11.9. The Bertz CT molecular complexity index is 408. The topological polar surface area (TPSA) is 44.7 Å². The van der Waals surface area contributed by atoms with Crippen LogP contribution in [0, 0.1) is 5.92 Å². The van der Waals surface area contributed by atoms with Gasteiger partial charge in [-0.2, -0.15) is 0 Å². The number of nitrogens with one attached hydrogen (secondary N) is 1. The van der Waals surface area contributed by atoms with Crippen LogP contribution in [0.25, 0.3) is 0 Å². The molecular formula is C16H24N2O2. The molecule has 0 saturated carbocycles. The number of ether oxygens (including phenoxy) is 1. The first-order chi connectivity index (χ1) is 9.84. The molecule has 4 heteroatoms. The van der Waals surface area contributed by atoms with Gasteiger partial charge in [0.1, 0.15) is 5.75 Å². The van der Waals surface area contributed by atoms with E-state index in [1.807, 2.05) is 12.1 Å². The summed E-state index contributed by atoms with van der Waals surface area (Å²) in [6, 6.07) is 8.21. The maximum absolute atomic E-state index is 9.80. The molecule has 110 valence electrons. The smallest absolute Gasteiger partial charge is 0.115 e. The van der Waals surface area contributed by atoms with Gasteiger partial charge in [-0.25, -0.2) is 0 Å². The lowest BCUT2D eigenvalue weighted by Gasteiger charge is -2.41. The minimum absolute atomic E-state index is 0.370. The van der Waals surface area contributed by atoms with E-state index < -0.39 is 0 Å². The maximum atomic E-state index is 9.80. The SMILES string of the molecule is Oc1cccc([C@@H](C2CCOCC2)N2CCNCC2)c1. The van der Waals surface area contributed by atoms with Crippen molar-refractivity contribution in [2.45, 2.75) is 18.9 Å². The maximum Gasteiger partial charge on any atom is 0.115 e. The van der Waals surface area contributed by atoms with Gasteiger partial charge in [-0.15, -0.1) is 0 Å². The second-order valence-electron chi connectivity index (χ2n) is 5.78. The molecular weight excluding hydrogens is 252 g/mol. The normalized spacial score (nSPS) is 23.6. The Hall–Kier alpha value is -1.10. The molecule has 20 heavy (non-hydrogen) atoms. The van der Waals surface area contributed by atoms with Gasteiger partial charge < -0.3 is 15.2 Å². The summed E-state index contributed by atoms with van der Waals surface area (Å²) in [6.07, 6.45) is 2.23. The van der Waals surface area contributed by atoms with E-state index in [0.717, 1.165) is 52.2 Å². The minimum atomic E-state index is 0.370. The molecule has 2 heterocycles. The summed E-state index contributed by atoms with van der Waals surface area (Å²) in [5, 5.41) is 13.2. The fourth-order valence-corrected chi connectivity index (χ4v) is 3.48. The van der Waals surface area contributed by atoms with Crippen LogP contribution in [0.15, 0.2) is 24.3 Å². The molecule has 0 spiro atoms. The van der Waals surface area contributed by atoms with Gasteiger partial charge in [0.15, 0.2) is 0 Å². The molecule has 3 rings (SSSR count). The van der Waals surface area contributed by atoms with Crippen LogP contribution < -0.4 is 5.32 Å². The number of benzene rings is 1. The highest BCUT2D eigenvalue weighted by atomic mass is 16.5. The zero-order valence-electron chi connectivity index (χ0n) is 11.9. The number of piperazine rings is 1. The zero-order chi connectivity index (χ0) is 13.8. The second-order valence-corrected chi connectivity index (χ2v) is 5.78. The molecule has 0 aromatic heterocycles. The molecule has 2 aliphatic rings. The van der Waals surface area contributed by atoms with Crippen LogP contribution in [0.5, 0.6) is 5.75 Å². The molecule has 1 aromatic rings. The monoisotopic (exact) mass is 276 g/mol. The Morgan fingerprint density at radius 2 is 1.95 bits per heavy atom. The lowest BCUT2D eigenvalue weighted by Crippen LogP contribution is -2.47. The lowest BCUT2D eigenvalue weighted by molar-refractivity contribution is 0.0212. The largest absolute Gasteiger partial charge is 0.508 e. The molecule has 0 aliphatic carbocycles. The van der Waals surface area contributed by atoms with Gasteiger partial charge in [-0.1, -0.05) is 12.1 Å². The average molecular weight is 276 g/mol. The van der Waals surface area contributed by atoms with Crippen molar-refractivity contribution in [3.05, 3.63) is 29.8 Å². The number of nitrogens with zero attached hydrogens (tertiary/aromatic N) is 1. The van der Waals surface area contributed by atoms with Crippen LogP contribution >= 0.6 is 0 Å². The summed E-state index contributed by atoms with van der Waals surface area (Å²) in [7, 11) is 0. The van der Waals surface area contributed by atoms with E-state index in [4.69, 9.17) is 4.74 Å². The molecule has 2 fully saturated rings. The highest BCUT2D eigenvalue weighted by molar-refractivity contribution is 5.30.